The zero-order valence-electron chi connectivity index (χ0n) is 6.04. The van der Waals surface area contributed by atoms with Crippen LogP contribution in [-0.4, -0.2) is 24.3 Å². The molecule has 1 atom stereocenters. The number of rotatable bonds is 3. The summed E-state index contributed by atoms with van der Waals surface area (Å²) >= 11 is 0. The summed E-state index contributed by atoms with van der Waals surface area (Å²) in [6.07, 6.45) is 1.98. The van der Waals surface area contributed by atoms with Gasteiger partial charge in [0.05, 0.1) is 7.11 Å². The number of hydrogen-bond acceptors (Lipinski definition) is 3. The fourth-order valence-corrected chi connectivity index (χ4v) is 0.902. The molecule has 10 heavy (non-hydrogen) atoms. The number of hydrogen-bond donors (Lipinski definition) is 1. The predicted molar refractivity (Wildman–Crippen MR) is 35.4 cm³/mol. The molecular weight excluding hydrogens is 132 g/mol. The normalized spacial score (nSPS) is 20.2. The topological polar surface area (TPSA) is 46.5 Å². The van der Waals surface area contributed by atoms with Gasteiger partial charge in [0.25, 0.3) is 0 Å². The van der Waals surface area contributed by atoms with E-state index in [0.29, 0.717) is 12.3 Å². The first-order valence-electron chi connectivity index (χ1n) is 3.50. The van der Waals surface area contributed by atoms with Crippen LogP contribution in [0.4, 0.5) is 0 Å². The van der Waals surface area contributed by atoms with E-state index in [1.165, 1.54) is 7.11 Å². The molecule has 0 aromatic rings. The van der Waals surface area contributed by atoms with Crippen LogP contribution in [0.25, 0.3) is 0 Å². The molecule has 0 unspecified atom stereocenters. The van der Waals surface area contributed by atoms with Gasteiger partial charge < -0.3 is 9.84 Å². The monoisotopic (exact) mass is 144 g/mol. The molecular formula is C7H12O3. The fraction of sp³-hybridized carbons (Fsp3) is 0.857. The van der Waals surface area contributed by atoms with Crippen molar-refractivity contribution in [2.24, 2.45) is 5.92 Å². The largest absolute Gasteiger partial charge is 0.467 e. The van der Waals surface area contributed by atoms with Crippen LogP contribution in [0, 0.1) is 5.92 Å². The second-order valence-electron chi connectivity index (χ2n) is 2.72. The van der Waals surface area contributed by atoms with Crippen LogP contribution < -0.4 is 0 Å². The molecule has 0 radical (unpaired) electrons. The zero-order chi connectivity index (χ0) is 7.56. The highest BCUT2D eigenvalue weighted by Crippen LogP contribution is 2.33. The molecule has 58 valence electrons. The maximum absolute atomic E-state index is 10.6. The van der Waals surface area contributed by atoms with E-state index in [0.717, 1.165) is 12.8 Å². The summed E-state index contributed by atoms with van der Waals surface area (Å²) in [5.74, 6) is 0.0565. The fourth-order valence-electron chi connectivity index (χ4n) is 0.902. The molecule has 0 heterocycles. The van der Waals surface area contributed by atoms with Gasteiger partial charge in [-0.05, 0) is 12.3 Å². The zero-order valence-corrected chi connectivity index (χ0v) is 6.04. The van der Waals surface area contributed by atoms with E-state index < -0.39 is 12.1 Å². The lowest BCUT2D eigenvalue weighted by molar-refractivity contribution is -0.150. The van der Waals surface area contributed by atoms with E-state index in [4.69, 9.17) is 5.11 Å². The quantitative estimate of drug-likeness (QED) is 0.580. The SMILES string of the molecule is COC(=O)[C@@H](O)CC1CC1. The minimum atomic E-state index is -0.891. The van der Waals surface area contributed by atoms with Gasteiger partial charge in [0.1, 0.15) is 0 Å². The third kappa shape index (κ3) is 1.99. The summed E-state index contributed by atoms with van der Waals surface area (Å²) in [6, 6.07) is 0. The molecule has 0 spiro atoms. The minimum Gasteiger partial charge on any atom is -0.467 e. The molecule has 3 nitrogen and oxygen atoms in total. The van der Waals surface area contributed by atoms with Gasteiger partial charge in [-0.3, -0.25) is 0 Å². The minimum absolute atomic E-state index is 0.507. The van der Waals surface area contributed by atoms with Gasteiger partial charge in [-0.25, -0.2) is 4.79 Å². The average Bonchev–Trinajstić information content (AvgIpc) is 2.70. The highest BCUT2D eigenvalue weighted by Gasteiger charge is 2.28. The Morgan fingerprint density at radius 2 is 2.40 bits per heavy atom. The average molecular weight is 144 g/mol. The van der Waals surface area contributed by atoms with Crippen molar-refractivity contribution in [1.82, 2.24) is 0 Å². The third-order valence-electron chi connectivity index (χ3n) is 1.73. The van der Waals surface area contributed by atoms with Crippen LogP contribution in [0.3, 0.4) is 0 Å². The molecule has 0 aromatic carbocycles. The van der Waals surface area contributed by atoms with Crippen molar-refractivity contribution in [3.8, 4) is 0 Å². The first-order valence-corrected chi connectivity index (χ1v) is 3.50. The summed E-state index contributed by atoms with van der Waals surface area (Å²) < 4.78 is 4.35. The molecule has 0 saturated heterocycles. The van der Waals surface area contributed by atoms with E-state index in [2.05, 4.69) is 4.74 Å². The Morgan fingerprint density at radius 3 is 2.80 bits per heavy atom. The first kappa shape index (κ1) is 7.54. The van der Waals surface area contributed by atoms with Crippen LogP contribution >= 0.6 is 0 Å². The van der Waals surface area contributed by atoms with Crippen molar-refractivity contribution in [2.75, 3.05) is 7.11 Å². The molecule has 1 N–H and O–H groups in total. The van der Waals surface area contributed by atoms with Gasteiger partial charge in [-0.2, -0.15) is 0 Å². The second-order valence-corrected chi connectivity index (χ2v) is 2.72. The maximum Gasteiger partial charge on any atom is 0.334 e. The van der Waals surface area contributed by atoms with Gasteiger partial charge in [0.2, 0.25) is 0 Å². The molecule has 0 bridgehead atoms. The third-order valence-corrected chi connectivity index (χ3v) is 1.73. The number of carbonyl (C=O) groups is 1. The maximum atomic E-state index is 10.6. The van der Waals surface area contributed by atoms with Crippen LogP contribution in [0.15, 0.2) is 0 Å². The van der Waals surface area contributed by atoms with Gasteiger partial charge in [0, 0.05) is 0 Å². The smallest absolute Gasteiger partial charge is 0.334 e. The summed E-state index contributed by atoms with van der Waals surface area (Å²) in [5.41, 5.74) is 0. The van der Waals surface area contributed by atoms with E-state index in [-0.39, 0.29) is 0 Å². The van der Waals surface area contributed by atoms with E-state index in [1.807, 2.05) is 0 Å². The van der Waals surface area contributed by atoms with E-state index in [1.54, 1.807) is 0 Å². The molecule has 1 rings (SSSR count). The van der Waals surface area contributed by atoms with Crippen LogP contribution in [0.2, 0.25) is 0 Å². The lowest BCUT2D eigenvalue weighted by Crippen LogP contribution is -2.21. The highest BCUT2D eigenvalue weighted by molar-refractivity contribution is 5.74. The number of carbonyl (C=O) groups excluding carboxylic acids is 1. The standard InChI is InChI=1S/C7H12O3/c1-10-7(9)6(8)4-5-2-3-5/h5-6,8H,2-4H2,1H3/t6-/m0/s1. The molecule has 0 aliphatic heterocycles. The van der Waals surface area contributed by atoms with Crippen molar-refractivity contribution in [3.63, 3.8) is 0 Å². The van der Waals surface area contributed by atoms with Gasteiger partial charge in [0.15, 0.2) is 6.10 Å². The van der Waals surface area contributed by atoms with Crippen molar-refractivity contribution in [3.05, 3.63) is 0 Å². The summed E-state index contributed by atoms with van der Waals surface area (Å²) in [6.45, 7) is 0. The van der Waals surface area contributed by atoms with Gasteiger partial charge >= 0.3 is 5.97 Å². The van der Waals surface area contributed by atoms with Crippen LogP contribution in [-0.2, 0) is 9.53 Å². The van der Waals surface area contributed by atoms with Gasteiger partial charge in [-0.15, -0.1) is 0 Å². The molecule has 1 saturated carbocycles. The lowest BCUT2D eigenvalue weighted by atomic mass is 10.2. The Balaban J connectivity index is 2.18. The molecule has 1 aliphatic carbocycles. The lowest BCUT2D eigenvalue weighted by Gasteiger charge is -2.05. The van der Waals surface area contributed by atoms with E-state index >= 15 is 0 Å². The Kier molecular flexibility index (Phi) is 2.27. The number of aliphatic hydroxyl groups excluding tert-OH is 1. The first-order chi connectivity index (χ1) is 4.74. The summed E-state index contributed by atoms with van der Waals surface area (Å²) in [7, 11) is 1.29. The Morgan fingerprint density at radius 1 is 1.80 bits per heavy atom. The van der Waals surface area contributed by atoms with Crippen molar-refractivity contribution < 1.29 is 14.6 Å². The van der Waals surface area contributed by atoms with Crippen molar-refractivity contribution in [2.45, 2.75) is 25.4 Å². The van der Waals surface area contributed by atoms with Crippen molar-refractivity contribution >= 4 is 5.97 Å². The Hall–Kier alpha value is -0.570. The van der Waals surface area contributed by atoms with E-state index in [9.17, 15) is 4.79 Å². The number of methoxy groups -OCH3 is 1. The number of aliphatic hydroxyl groups is 1. The molecule has 0 aromatic heterocycles. The van der Waals surface area contributed by atoms with Crippen LogP contribution in [0.1, 0.15) is 19.3 Å². The van der Waals surface area contributed by atoms with Crippen molar-refractivity contribution in [1.29, 1.82) is 0 Å². The highest BCUT2D eigenvalue weighted by atomic mass is 16.5. The Labute approximate surface area is 60.0 Å². The van der Waals surface area contributed by atoms with Gasteiger partial charge in [-0.1, -0.05) is 12.8 Å². The molecule has 1 fully saturated rings. The summed E-state index contributed by atoms with van der Waals surface area (Å²) in [5, 5.41) is 9.05. The number of ether oxygens (including phenoxy) is 1. The molecule has 3 heteroatoms. The predicted octanol–water partition coefficient (Wildman–Crippen LogP) is 0.320. The summed E-state index contributed by atoms with van der Waals surface area (Å²) in [4.78, 5) is 10.6. The second kappa shape index (κ2) is 3.01. The molecule has 1 aliphatic rings. The molecule has 0 amide bonds. The Bertz CT molecular complexity index is 129. The number of esters is 1. The van der Waals surface area contributed by atoms with Crippen LogP contribution in [0.5, 0.6) is 0 Å².